The van der Waals surface area contributed by atoms with Crippen LogP contribution in [0.15, 0.2) is 16.9 Å². The van der Waals surface area contributed by atoms with E-state index < -0.39 is 11.7 Å². The van der Waals surface area contributed by atoms with Crippen LogP contribution in [0.1, 0.15) is 50.5 Å². The fraction of sp³-hybridized carbons (Fsp3) is 0.611. The number of alkyl carbamates (subject to hydrolysis) is 1. The SMILES string of the molecule is CC(C)(C)OC(=O)NCCC(=O)NC1CCN(C(=O)c2ccc(=O)[nH]n2)CC1. The van der Waals surface area contributed by atoms with Crippen molar-refractivity contribution in [1.29, 1.82) is 0 Å². The predicted octanol–water partition coefficient (Wildman–Crippen LogP) is 0.406. The Balaban J connectivity index is 1.68. The summed E-state index contributed by atoms with van der Waals surface area (Å²) in [5, 5.41) is 11.5. The summed E-state index contributed by atoms with van der Waals surface area (Å²) >= 11 is 0. The summed E-state index contributed by atoms with van der Waals surface area (Å²) in [6.45, 7) is 6.47. The molecule has 1 saturated heterocycles. The number of aromatic amines is 1. The number of amides is 3. The number of aromatic nitrogens is 2. The van der Waals surface area contributed by atoms with Gasteiger partial charge in [-0.2, -0.15) is 5.10 Å². The second kappa shape index (κ2) is 9.34. The lowest BCUT2D eigenvalue weighted by Gasteiger charge is -2.32. The van der Waals surface area contributed by atoms with Crippen molar-refractivity contribution in [2.75, 3.05) is 19.6 Å². The highest BCUT2D eigenvalue weighted by Gasteiger charge is 2.25. The van der Waals surface area contributed by atoms with E-state index in [4.69, 9.17) is 4.74 Å². The maximum absolute atomic E-state index is 12.3. The maximum atomic E-state index is 12.3. The first kappa shape index (κ1) is 21.4. The van der Waals surface area contributed by atoms with E-state index in [0.717, 1.165) is 0 Å². The smallest absolute Gasteiger partial charge is 0.407 e. The average Bonchev–Trinajstić information content (AvgIpc) is 2.61. The van der Waals surface area contributed by atoms with Crippen molar-refractivity contribution in [3.63, 3.8) is 0 Å². The second-order valence-corrected chi connectivity index (χ2v) is 7.62. The van der Waals surface area contributed by atoms with Gasteiger partial charge in [0.1, 0.15) is 11.3 Å². The lowest BCUT2D eigenvalue weighted by Crippen LogP contribution is -2.47. The maximum Gasteiger partial charge on any atom is 0.407 e. The third-order valence-electron chi connectivity index (χ3n) is 4.07. The molecule has 1 aliphatic heterocycles. The van der Waals surface area contributed by atoms with E-state index >= 15 is 0 Å². The molecule has 0 radical (unpaired) electrons. The lowest BCUT2D eigenvalue weighted by molar-refractivity contribution is -0.121. The molecule has 0 aromatic carbocycles. The summed E-state index contributed by atoms with van der Waals surface area (Å²) < 4.78 is 5.10. The second-order valence-electron chi connectivity index (χ2n) is 7.62. The molecule has 1 aromatic heterocycles. The molecular weight excluding hydrogens is 366 g/mol. The Morgan fingerprint density at radius 2 is 1.93 bits per heavy atom. The zero-order valence-electron chi connectivity index (χ0n) is 16.4. The summed E-state index contributed by atoms with van der Waals surface area (Å²) in [4.78, 5) is 48.6. The van der Waals surface area contributed by atoms with Gasteiger partial charge >= 0.3 is 6.09 Å². The number of hydrogen-bond donors (Lipinski definition) is 3. The molecule has 1 fully saturated rings. The standard InChI is InChI=1S/C18H27N5O5/c1-18(2,3)28-17(27)19-9-6-14(24)20-12-7-10-23(11-8-12)16(26)13-4-5-15(25)22-21-13/h4-5,12H,6-11H2,1-3H3,(H,19,27)(H,20,24)(H,22,25). The van der Waals surface area contributed by atoms with E-state index in [1.807, 2.05) is 0 Å². The lowest BCUT2D eigenvalue weighted by atomic mass is 10.0. The number of carbonyl (C=O) groups is 3. The summed E-state index contributed by atoms with van der Waals surface area (Å²) in [5.74, 6) is -0.411. The zero-order valence-corrected chi connectivity index (χ0v) is 16.4. The Hall–Kier alpha value is -2.91. The first-order valence-electron chi connectivity index (χ1n) is 9.25. The molecule has 154 valence electrons. The van der Waals surface area contributed by atoms with Crippen LogP contribution in [-0.4, -0.2) is 64.3 Å². The van der Waals surface area contributed by atoms with Gasteiger partial charge < -0.3 is 20.3 Å². The van der Waals surface area contributed by atoms with E-state index in [2.05, 4.69) is 20.8 Å². The third-order valence-corrected chi connectivity index (χ3v) is 4.07. The monoisotopic (exact) mass is 393 g/mol. The van der Waals surface area contributed by atoms with Gasteiger partial charge in [0.05, 0.1) is 0 Å². The number of H-pyrrole nitrogens is 1. The molecule has 3 amide bonds. The fourth-order valence-corrected chi connectivity index (χ4v) is 2.74. The van der Waals surface area contributed by atoms with Crippen molar-refractivity contribution in [2.24, 2.45) is 0 Å². The molecule has 0 aliphatic carbocycles. The summed E-state index contributed by atoms with van der Waals surface area (Å²) in [6.07, 6.45) is 0.850. The number of ether oxygens (including phenoxy) is 1. The van der Waals surface area contributed by atoms with Crippen molar-refractivity contribution < 1.29 is 19.1 Å². The first-order valence-corrected chi connectivity index (χ1v) is 9.25. The topological polar surface area (TPSA) is 133 Å². The highest BCUT2D eigenvalue weighted by atomic mass is 16.6. The summed E-state index contributed by atoms with van der Waals surface area (Å²) in [6, 6.07) is 2.63. The molecule has 0 atom stereocenters. The predicted molar refractivity (Wildman–Crippen MR) is 101 cm³/mol. The number of carbonyl (C=O) groups excluding carboxylic acids is 3. The fourth-order valence-electron chi connectivity index (χ4n) is 2.74. The molecule has 2 rings (SSSR count). The van der Waals surface area contributed by atoms with Gasteiger partial charge in [-0.15, -0.1) is 0 Å². The van der Waals surface area contributed by atoms with E-state index in [1.54, 1.807) is 25.7 Å². The number of rotatable bonds is 5. The minimum absolute atomic E-state index is 0.0263. The van der Waals surface area contributed by atoms with Gasteiger partial charge in [-0.25, -0.2) is 9.89 Å². The van der Waals surface area contributed by atoms with Crippen molar-refractivity contribution in [2.45, 2.75) is 51.7 Å². The quantitative estimate of drug-likeness (QED) is 0.663. The number of hydrogen-bond acceptors (Lipinski definition) is 6. The van der Waals surface area contributed by atoms with Gasteiger partial charge in [-0.05, 0) is 39.7 Å². The van der Waals surface area contributed by atoms with Gasteiger partial charge in [0.15, 0.2) is 0 Å². The number of likely N-dealkylation sites (tertiary alicyclic amines) is 1. The van der Waals surface area contributed by atoms with Gasteiger partial charge in [0.2, 0.25) is 5.91 Å². The van der Waals surface area contributed by atoms with Crippen molar-refractivity contribution in [3.05, 3.63) is 28.2 Å². The minimum Gasteiger partial charge on any atom is -0.444 e. The van der Waals surface area contributed by atoms with Crippen molar-refractivity contribution in [1.82, 2.24) is 25.7 Å². The van der Waals surface area contributed by atoms with E-state index in [-0.39, 0.29) is 42.1 Å². The van der Waals surface area contributed by atoms with Gasteiger partial charge in [0.25, 0.3) is 11.5 Å². The molecule has 10 nitrogen and oxygen atoms in total. The summed E-state index contributed by atoms with van der Waals surface area (Å²) in [7, 11) is 0. The minimum atomic E-state index is -0.581. The normalized spacial score (nSPS) is 15.0. The van der Waals surface area contributed by atoms with Gasteiger partial charge in [-0.1, -0.05) is 0 Å². The molecule has 0 saturated carbocycles. The Morgan fingerprint density at radius 1 is 1.25 bits per heavy atom. The van der Waals surface area contributed by atoms with Crippen LogP contribution in [0, 0.1) is 0 Å². The van der Waals surface area contributed by atoms with Crippen LogP contribution >= 0.6 is 0 Å². The summed E-state index contributed by atoms with van der Waals surface area (Å²) in [5.41, 5.74) is -0.753. The number of piperidine rings is 1. The van der Waals surface area contributed by atoms with Crippen LogP contribution in [0.3, 0.4) is 0 Å². The van der Waals surface area contributed by atoms with Crippen LogP contribution in [0.25, 0.3) is 0 Å². The van der Waals surface area contributed by atoms with E-state index in [1.165, 1.54) is 12.1 Å². The van der Waals surface area contributed by atoms with Crippen molar-refractivity contribution in [3.8, 4) is 0 Å². The third kappa shape index (κ3) is 7.01. The molecule has 10 heteroatoms. The van der Waals surface area contributed by atoms with Crippen LogP contribution in [0.4, 0.5) is 4.79 Å². The highest BCUT2D eigenvalue weighted by Crippen LogP contribution is 2.13. The van der Waals surface area contributed by atoms with Crippen LogP contribution in [0.2, 0.25) is 0 Å². The van der Waals surface area contributed by atoms with Crippen LogP contribution < -0.4 is 16.2 Å². The van der Waals surface area contributed by atoms with Crippen molar-refractivity contribution >= 4 is 17.9 Å². The molecule has 1 aromatic rings. The van der Waals surface area contributed by atoms with Crippen LogP contribution in [0.5, 0.6) is 0 Å². The number of nitrogens with zero attached hydrogens (tertiary/aromatic N) is 2. The molecule has 28 heavy (non-hydrogen) atoms. The first-order chi connectivity index (χ1) is 13.1. The Labute approximate surface area is 163 Å². The largest absolute Gasteiger partial charge is 0.444 e. The Bertz CT molecular complexity index is 742. The molecule has 0 spiro atoms. The molecule has 3 N–H and O–H groups in total. The Morgan fingerprint density at radius 3 is 2.50 bits per heavy atom. The Kier molecular flexibility index (Phi) is 7.13. The molecular formula is C18H27N5O5. The molecule has 2 heterocycles. The van der Waals surface area contributed by atoms with Crippen LogP contribution in [-0.2, 0) is 9.53 Å². The molecule has 1 aliphatic rings. The average molecular weight is 393 g/mol. The van der Waals surface area contributed by atoms with E-state index in [0.29, 0.717) is 25.9 Å². The number of nitrogens with one attached hydrogen (secondary N) is 3. The van der Waals surface area contributed by atoms with E-state index in [9.17, 15) is 19.2 Å². The molecule has 0 bridgehead atoms. The highest BCUT2D eigenvalue weighted by molar-refractivity contribution is 5.92. The van der Waals surface area contributed by atoms with Gasteiger partial charge in [0, 0.05) is 38.2 Å². The van der Waals surface area contributed by atoms with Gasteiger partial charge in [-0.3, -0.25) is 14.4 Å². The molecule has 0 unspecified atom stereocenters. The zero-order chi connectivity index (χ0) is 20.7.